The Kier molecular flexibility index (Phi) is 56.7. The summed E-state index contributed by atoms with van der Waals surface area (Å²) < 4.78 is 23.4. The highest BCUT2D eigenvalue weighted by Gasteiger charge is 2.23. The van der Waals surface area contributed by atoms with E-state index in [0.29, 0.717) is 17.4 Å². The van der Waals surface area contributed by atoms with Crippen LogP contribution in [-0.4, -0.2) is 68.5 Å². The molecule has 0 aliphatic rings. The number of hydrogen-bond donors (Lipinski definition) is 2. The van der Waals surface area contributed by atoms with Gasteiger partial charge in [0.2, 0.25) is 5.91 Å². The zero-order valence-corrected chi connectivity index (χ0v) is 52.2. The van der Waals surface area contributed by atoms with E-state index in [1.165, 1.54) is 161 Å². The minimum absolute atomic E-state index is 0.00503. The van der Waals surface area contributed by atoms with Crippen molar-refractivity contribution in [3.8, 4) is 0 Å². The minimum Gasteiger partial charge on any atom is -0.756 e. The monoisotopic (exact) mass is 1110 g/mol. The van der Waals surface area contributed by atoms with Crippen molar-refractivity contribution in [3.05, 3.63) is 109 Å². The number of nitrogens with zero attached hydrogens (tertiary/aromatic N) is 1. The van der Waals surface area contributed by atoms with E-state index in [0.717, 1.165) is 89.9 Å². The van der Waals surface area contributed by atoms with Gasteiger partial charge in [0, 0.05) is 6.42 Å². The first-order chi connectivity index (χ1) is 38.0. The molecule has 0 aromatic carbocycles. The van der Waals surface area contributed by atoms with Gasteiger partial charge >= 0.3 is 0 Å². The van der Waals surface area contributed by atoms with E-state index in [1.807, 2.05) is 27.2 Å². The zero-order valence-electron chi connectivity index (χ0n) is 51.3. The van der Waals surface area contributed by atoms with Gasteiger partial charge in [-0.15, -0.1) is 0 Å². The van der Waals surface area contributed by atoms with Crippen molar-refractivity contribution in [1.82, 2.24) is 5.32 Å². The lowest BCUT2D eigenvalue weighted by atomic mass is 10.0. The first-order valence-electron chi connectivity index (χ1n) is 32.2. The third-order valence-electron chi connectivity index (χ3n) is 14.0. The van der Waals surface area contributed by atoms with E-state index in [2.05, 4.69) is 116 Å². The van der Waals surface area contributed by atoms with Crippen molar-refractivity contribution in [1.29, 1.82) is 0 Å². The summed E-state index contributed by atoms with van der Waals surface area (Å²) in [6, 6.07) is -0.894. The number of likely N-dealkylation sites (N-methyl/N-ethyl adjacent to an activating group) is 1. The van der Waals surface area contributed by atoms with Crippen molar-refractivity contribution in [2.24, 2.45) is 0 Å². The number of carbonyl (C=O) groups is 1. The molecule has 3 unspecified atom stereocenters. The fourth-order valence-electron chi connectivity index (χ4n) is 8.99. The van der Waals surface area contributed by atoms with Gasteiger partial charge in [-0.25, -0.2) is 0 Å². The van der Waals surface area contributed by atoms with E-state index >= 15 is 0 Å². The average molecular weight is 1110 g/mol. The van der Waals surface area contributed by atoms with Crippen molar-refractivity contribution in [2.75, 3.05) is 40.9 Å². The topological polar surface area (TPSA) is 108 Å². The lowest BCUT2D eigenvalue weighted by Gasteiger charge is -2.29. The Hall–Kier alpha value is -2.84. The van der Waals surface area contributed by atoms with Gasteiger partial charge in [0.1, 0.15) is 13.2 Å². The highest BCUT2D eigenvalue weighted by molar-refractivity contribution is 7.45. The molecule has 8 nitrogen and oxygen atoms in total. The van der Waals surface area contributed by atoms with Gasteiger partial charge in [0.25, 0.3) is 7.82 Å². The molecule has 0 fully saturated rings. The minimum atomic E-state index is -4.61. The predicted octanol–water partition coefficient (Wildman–Crippen LogP) is 19.7. The van der Waals surface area contributed by atoms with Crippen molar-refractivity contribution in [3.63, 3.8) is 0 Å². The third-order valence-corrected chi connectivity index (χ3v) is 15.0. The Labute approximate surface area is 482 Å². The van der Waals surface area contributed by atoms with Gasteiger partial charge in [0.05, 0.1) is 39.9 Å². The maximum Gasteiger partial charge on any atom is 0.268 e. The number of nitrogens with one attached hydrogen (secondary N) is 1. The number of carbonyl (C=O) groups excluding carboxylic acids is 1. The van der Waals surface area contributed by atoms with Crippen LogP contribution >= 0.6 is 7.82 Å². The number of quaternary nitrogens is 1. The second-order valence-electron chi connectivity index (χ2n) is 22.7. The molecule has 0 saturated carbocycles. The van der Waals surface area contributed by atoms with E-state index in [9.17, 15) is 19.4 Å². The highest BCUT2D eigenvalue weighted by atomic mass is 31.2. The van der Waals surface area contributed by atoms with Gasteiger partial charge in [-0.2, -0.15) is 0 Å². The van der Waals surface area contributed by atoms with Gasteiger partial charge in [0.15, 0.2) is 0 Å². The molecule has 0 bridgehead atoms. The fraction of sp³-hybridized carbons (Fsp3) is 0.725. The number of phosphoric acid groups is 1. The van der Waals surface area contributed by atoms with Crippen LogP contribution in [0.2, 0.25) is 0 Å². The van der Waals surface area contributed by atoms with Crippen molar-refractivity contribution < 1.29 is 32.9 Å². The Morgan fingerprint density at radius 3 is 1.14 bits per heavy atom. The number of rotatable bonds is 58. The summed E-state index contributed by atoms with van der Waals surface area (Å²) in [7, 11) is 1.25. The molecular weight excluding hydrogens is 984 g/mol. The highest BCUT2D eigenvalue weighted by Crippen LogP contribution is 2.38. The number of aliphatic hydroxyl groups excluding tert-OH is 1. The van der Waals surface area contributed by atoms with Crippen LogP contribution < -0.4 is 10.2 Å². The Bertz CT molecular complexity index is 1640. The van der Waals surface area contributed by atoms with Crippen molar-refractivity contribution in [2.45, 2.75) is 283 Å². The molecule has 0 heterocycles. The van der Waals surface area contributed by atoms with Crippen LogP contribution in [-0.2, 0) is 18.4 Å². The molecule has 0 spiro atoms. The molecule has 0 rings (SSSR count). The molecule has 0 aromatic heterocycles. The Balaban J connectivity index is 4.11. The molecule has 3 atom stereocenters. The van der Waals surface area contributed by atoms with Crippen LogP contribution in [0.15, 0.2) is 109 Å². The molecule has 2 N–H and O–H groups in total. The summed E-state index contributed by atoms with van der Waals surface area (Å²) in [5.74, 6) is -0.201. The standard InChI is InChI=1S/C69H123N2O6P/c1-6-8-10-12-14-16-18-20-22-24-26-27-28-29-30-31-32-33-34-35-36-37-38-39-40-41-42-43-45-47-49-51-53-55-57-59-61-63-69(73)70-67(66-77-78(74,75)76-65-64-71(3,4)5)68(72)62-60-58-56-54-52-50-48-46-44-25-23-21-19-17-15-13-11-9-7-2/h8,10,14,16,20,22,26-27,29-30,32-33,35-36,38-39,60,62,67-68,72H,6-7,9,11-13,15,17-19,21,23-25,28,31,34,37,40-59,61,63-66H2,1-5H3,(H-,70,73,74,75)/b10-8-,16-14-,22-20-,27-26-,30-29-,33-32-,36-35-,39-38-,62-60+. The molecule has 0 saturated heterocycles. The first kappa shape index (κ1) is 75.2. The number of amides is 1. The quantitative estimate of drug-likeness (QED) is 0.0272. The maximum atomic E-state index is 13.0. The summed E-state index contributed by atoms with van der Waals surface area (Å²) in [5.41, 5.74) is 0. The van der Waals surface area contributed by atoms with Crippen LogP contribution in [0.3, 0.4) is 0 Å². The van der Waals surface area contributed by atoms with Crippen LogP contribution in [0.5, 0.6) is 0 Å². The number of hydrogen-bond acceptors (Lipinski definition) is 6. The first-order valence-corrected chi connectivity index (χ1v) is 33.7. The van der Waals surface area contributed by atoms with Crippen LogP contribution in [0.1, 0.15) is 271 Å². The molecule has 450 valence electrons. The second-order valence-corrected chi connectivity index (χ2v) is 24.1. The van der Waals surface area contributed by atoms with Gasteiger partial charge < -0.3 is 28.8 Å². The molecule has 0 aromatic rings. The van der Waals surface area contributed by atoms with E-state index < -0.39 is 20.0 Å². The number of aliphatic hydroxyl groups is 1. The van der Waals surface area contributed by atoms with Crippen LogP contribution in [0.25, 0.3) is 0 Å². The molecule has 0 radical (unpaired) electrons. The summed E-state index contributed by atoms with van der Waals surface area (Å²) in [5, 5.41) is 13.9. The molecule has 0 aliphatic heterocycles. The smallest absolute Gasteiger partial charge is 0.268 e. The molecule has 1 amide bonds. The van der Waals surface area contributed by atoms with Gasteiger partial charge in [-0.1, -0.05) is 290 Å². The zero-order chi connectivity index (χ0) is 57.0. The largest absolute Gasteiger partial charge is 0.756 e. The normalized spacial score (nSPS) is 14.5. The predicted molar refractivity (Wildman–Crippen MR) is 339 cm³/mol. The average Bonchev–Trinajstić information content (AvgIpc) is 3.41. The number of phosphoric ester groups is 1. The summed E-state index contributed by atoms with van der Waals surface area (Å²) in [6.45, 7) is 4.55. The van der Waals surface area contributed by atoms with Gasteiger partial charge in [-0.05, 0) is 83.5 Å². The van der Waals surface area contributed by atoms with Crippen LogP contribution in [0.4, 0.5) is 0 Å². The lowest BCUT2D eigenvalue weighted by Crippen LogP contribution is -2.45. The maximum absolute atomic E-state index is 13.0. The van der Waals surface area contributed by atoms with E-state index in [1.54, 1.807) is 6.08 Å². The second kappa shape index (κ2) is 58.8. The Morgan fingerprint density at radius 1 is 0.462 bits per heavy atom. The third kappa shape index (κ3) is 60.8. The van der Waals surface area contributed by atoms with Crippen LogP contribution in [0, 0.1) is 0 Å². The van der Waals surface area contributed by atoms with Gasteiger partial charge in [-0.3, -0.25) is 9.36 Å². The summed E-state index contributed by atoms with van der Waals surface area (Å²) >= 11 is 0. The number of allylic oxidation sites excluding steroid dienone is 17. The van der Waals surface area contributed by atoms with Crippen molar-refractivity contribution >= 4 is 13.7 Å². The molecular formula is C69H123N2O6P. The Morgan fingerprint density at radius 2 is 0.782 bits per heavy atom. The fourth-order valence-corrected chi connectivity index (χ4v) is 9.72. The lowest BCUT2D eigenvalue weighted by molar-refractivity contribution is -0.870. The number of unbranched alkanes of at least 4 members (excludes halogenated alkanes) is 29. The summed E-state index contributed by atoms with van der Waals surface area (Å²) in [4.78, 5) is 25.6. The SMILES string of the molecule is CC/C=C\C/C=C\C/C=C\C/C=C\C/C=C\C/C=C\C/C=C\C/C=C\CCCCCCCCCCCCCCC(=O)NC(COP(=O)([O-])OCC[N+](C)(C)C)C(O)/C=C/CCCCCCCCCCCCCCCCCCC. The van der Waals surface area contributed by atoms with E-state index in [-0.39, 0.29) is 19.1 Å². The molecule has 0 aliphatic carbocycles. The van der Waals surface area contributed by atoms with E-state index in [4.69, 9.17) is 9.05 Å². The summed E-state index contributed by atoms with van der Waals surface area (Å²) in [6.07, 6.45) is 86.0. The molecule has 9 heteroatoms. The molecule has 78 heavy (non-hydrogen) atoms.